The second-order valence-corrected chi connectivity index (χ2v) is 4.82. The molecule has 0 saturated carbocycles. The molecule has 0 aliphatic heterocycles. The average molecular weight is 308 g/mol. The zero-order valence-electron chi connectivity index (χ0n) is 12.0. The number of aryl methyl sites for hydroxylation is 1. The van der Waals surface area contributed by atoms with Gasteiger partial charge in [0.15, 0.2) is 5.58 Å². The first-order valence-electron chi connectivity index (χ1n) is 6.91. The topological polar surface area (TPSA) is 101 Å². The number of nitrogens with zero attached hydrogens (tertiary/aromatic N) is 3. The minimum Gasteiger partial charge on any atom is -0.408 e. The van der Waals surface area contributed by atoms with Gasteiger partial charge in [-0.05, 0) is 18.2 Å². The third-order valence-corrected chi connectivity index (χ3v) is 3.35. The summed E-state index contributed by atoms with van der Waals surface area (Å²) in [5.41, 5.74) is 1.81. The molecule has 0 saturated heterocycles. The Morgan fingerprint density at radius 2 is 2.17 bits per heavy atom. The fourth-order valence-electron chi connectivity index (χ4n) is 2.24. The van der Waals surface area contributed by atoms with Crippen LogP contribution in [0.3, 0.4) is 0 Å². The van der Waals surface area contributed by atoms with E-state index in [4.69, 9.17) is 9.68 Å². The molecule has 2 aromatic heterocycles. The van der Waals surface area contributed by atoms with Gasteiger partial charge in [0.2, 0.25) is 5.91 Å². The van der Waals surface area contributed by atoms with E-state index in [2.05, 4.69) is 10.3 Å². The van der Waals surface area contributed by atoms with E-state index in [1.54, 1.807) is 30.3 Å². The molecule has 23 heavy (non-hydrogen) atoms. The molecule has 1 aromatic carbocycles. The number of carbonyl (C=O) groups is 1. The van der Waals surface area contributed by atoms with Crippen LogP contribution in [0.25, 0.3) is 11.1 Å². The Kier molecular flexibility index (Phi) is 3.89. The third-order valence-electron chi connectivity index (χ3n) is 3.35. The number of hydrogen-bond donors (Lipinski definition) is 1. The van der Waals surface area contributed by atoms with Gasteiger partial charge < -0.3 is 9.73 Å². The van der Waals surface area contributed by atoms with Crippen molar-refractivity contribution in [3.63, 3.8) is 0 Å². The van der Waals surface area contributed by atoms with Crippen molar-refractivity contribution in [3.8, 4) is 6.07 Å². The lowest BCUT2D eigenvalue weighted by molar-refractivity contribution is -0.116. The first-order chi connectivity index (χ1) is 11.2. The van der Waals surface area contributed by atoms with E-state index in [9.17, 15) is 9.59 Å². The number of pyridine rings is 1. The summed E-state index contributed by atoms with van der Waals surface area (Å²) in [6.45, 7) is 0.189. The summed E-state index contributed by atoms with van der Waals surface area (Å²) < 4.78 is 6.52. The number of rotatable bonds is 4. The Balaban J connectivity index is 1.73. The van der Waals surface area contributed by atoms with Gasteiger partial charge in [-0.25, -0.2) is 4.79 Å². The lowest BCUT2D eigenvalue weighted by Gasteiger charge is -2.06. The Bertz CT molecular complexity index is 965. The molecule has 1 amide bonds. The van der Waals surface area contributed by atoms with Crippen LogP contribution in [-0.4, -0.2) is 15.5 Å². The van der Waals surface area contributed by atoms with Crippen LogP contribution in [0.15, 0.2) is 51.9 Å². The van der Waals surface area contributed by atoms with Gasteiger partial charge in [-0.3, -0.25) is 14.3 Å². The number of anilines is 1. The van der Waals surface area contributed by atoms with Gasteiger partial charge in [0.1, 0.15) is 6.07 Å². The van der Waals surface area contributed by atoms with Crippen molar-refractivity contribution in [2.45, 2.75) is 13.0 Å². The quantitative estimate of drug-likeness (QED) is 0.793. The number of fused-ring (bicyclic) bond motifs is 1. The zero-order chi connectivity index (χ0) is 16.2. The summed E-state index contributed by atoms with van der Waals surface area (Å²) in [6.07, 6.45) is 2.95. The van der Waals surface area contributed by atoms with Crippen LogP contribution in [0.4, 0.5) is 5.69 Å². The van der Waals surface area contributed by atoms with E-state index in [1.807, 2.05) is 6.07 Å². The number of carbonyl (C=O) groups excluding carboxylic acids is 1. The second kappa shape index (κ2) is 6.15. The third kappa shape index (κ3) is 2.96. The number of para-hydroxylation sites is 2. The molecule has 0 fully saturated rings. The second-order valence-electron chi connectivity index (χ2n) is 4.82. The Labute approximate surface area is 130 Å². The molecule has 0 atom stereocenters. The minimum atomic E-state index is -0.499. The standard InChI is InChI=1S/C16H12N4O3/c17-9-11-10-18-7-5-12(11)19-15(21)6-8-20-13-3-1-2-4-14(13)23-16(20)22/h1-5,7,10H,6,8H2,(H,18,19,21). The van der Waals surface area contributed by atoms with Crippen molar-refractivity contribution in [1.29, 1.82) is 5.26 Å². The fraction of sp³-hybridized carbons (Fsp3) is 0.125. The molecule has 0 spiro atoms. The molecule has 7 heteroatoms. The Morgan fingerprint density at radius 3 is 3.00 bits per heavy atom. The lowest BCUT2D eigenvalue weighted by Crippen LogP contribution is -2.20. The summed E-state index contributed by atoms with van der Waals surface area (Å²) in [5, 5.41) is 11.6. The van der Waals surface area contributed by atoms with Crippen LogP contribution in [0, 0.1) is 11.3 Å². The average Bonchev–Trinajstić information content (AvgIpc) is 2.88. The van der Waals surface area contributed by atoms with Crippen molar-refractivity contribution >= 4 is 22.7 Å². The van der Waals surface area contributed by atoms with Crippen molar-refractivity contribution in [3.05, 3.63) is 58.8 Å². The zero-order valence-corrected chi connectivity index (χ0v) is 12.0. The van der Waals surface area contributed by atoms with Gasteiger partial charge in [0.05, 0.1) is 16.8 Å². The van der Waals surface area contributed by atoms with Gasteiger partial charge in [-0.15, -0.1) is 0 Å². The maximum Gasteiger partial charge on any atom is 0.419 e. The van der Waals surface area contributed by atoms with Crippen LogP contribution in [-0.2, 0) is 11.3 Å². The number of nitrogens with one attached hydrogen (secondary N) is 1. The minimum absolute atomic E-state index is 0.0800. The van der Waals surface area contributed by atoms with Crippen molar-refractivity contribution < 1.29 is 9.21 Å². The molecule has 0 unspecified atom stereocenters. The summed E-state index contributed by atoms with van der Waals surface area (Å²) >= 11 is 0. The molecule has 114 valence electrons. The first kappa shape index (κ1) is 14.5. The summed E-state index contributed by atoms with van der Waals surface area (Å²) in [7, 11) is 0. The van der Waals surface area contributed by atoms with Gasteiger partial charge >= 0.3 is 5.76 Å². The van der Waals surface area contributed by atoms with E-state index in [0.29, 0.717) is 16.8 Å². The smallest absolute Gasteiger partial charge is 0.408 e. The van der Waals surface area contributed by atoms with E-state index in [-0.39, 0.29) is 24.4 Å². The predicted octanol–water partition coefficient (Wildman–Crippen LogP) is 1.89. The molecular formula is C16H12N4O3. The number of benzene rings is 1. The van der Waals surface area contributed by atoms with Crippen molar-refractivity contribution in [2.24, 2.45) is 0 Å². The van der Waals surface area contributed by atoms with Gasteiger partial charge in [-0.2, -0.15) is 5.26 Å². The van der Waals surface area contributed by atoms with Gasteiger partial charge in [-0.1, -0.05) is 12.1 Å². The molecule has 1 N–H and O–H groups in total. The van der Waals surface area contributed by atoms with Crippen molar-refractivity contribution in [1.82, 2.24) is 9.55 Å². The molecule has 7 nitrogen and oxygen atoms in total. The van der Waals surface area contributed by atoms with Crippen LogP contribution >= 0.6 is 0 Å². The van der Waals surface area contributed by atoms with E-state index in [1.165, 1.54) is 17.0 Å². The first-order valence-corrected chi connectivity index (χ1v) is 6.91. The molecule has 3 aromatic rings. The van der Waals surface area contributed by atoms with Gasteiger partial charge in [0, 0.05) is 25.4 Å². The van der Waals surface area contributed by atoms with Crippen LogP contribution in [0.5, 0.6) is 0 Å². The maximum absolute atomic E-state index is 12.0. The van der Waals surface area contributed by atoms with Crippen LogP contribution in [0.1, 0.15) is 12.0 Å². The fourth-order valence-corrected chi connectivity index (χ4v) is 2.24. The summed E-state index contributed by atoms with van der Waals surface area (Å²) in [5.74, 6) is -0.800. The number of aromatic nitrogens is 2. The largest absolute Gasteiger partial charge is 0.419 e. The Hall–Kier alpha value is -3.40. The number of hydrogen-bond acceptors (Lipinski definition) is 5. The predicted molar refractivity (Wildman–Crippen MR) is 82.7 cm³/mol. The van der Waals surface area contributed by atoms with Crippen molar-refractivity contribution in [2.75, 3.05) is 5.32 Å². The molecule has 0 aliphatic rings. The molecule has 3 rings (SSSR count). The molecule has 0 bridgehead atoms. The number of amides is 1. The maximum atomic E-state index is 12.0. The Morgan fingerprint density at radius 1 is 1.35 bits per heavy atom. The number of oxazole rings is 1. The van der Waals surface area contributed by atoms with Crippen LogP contribution < -0.4 is 11.1 Å². The lowest BCUT2D eigenvalue weighted by atomic mass is 10.2. The van der Waals surface area contributed by atoms with E-state index < -0.39 is 5.76 Å². The highest BCUT2D eigenvalue weighted by atomic mass is 16.4. The van der Waals surface area contributed by atoms with Gasteiger partial charge in [0.25, 0.3) is 0 Å². The highest BCUT2D eigenvalue weighted by Gasteiger charge is 2.11. The monoisotopic (exact) mass is 308 g/mol. The molecular weight excluding hydrogens is 296 g/mol. The molecule has 0 radical (unpaired) electrons. The summed E-state index contributed by atoms with van der Waals surface area (Å²) in [6, 6.07) is 10.5. The normalized spacial score (nSPS) is 10.4. The van der Waals surface area contributed by atoms with Crippen LogP contribution in [0.2, 0.25) is 0 Å². The molecule has 0 aliphatic carbocycles. The highest BCUT2D eigenvalue weighted by Crippen LogP contribution is 2.14. The highest BCUT2D eigenvalue weighted by molar-refractivity contribution is 5.92. The van der Waals surface area contributed by atoms with E-state index >= 15 is 0 Å². The number of nitriles is 1. The van der Waals surface area contributed by atoms with E-state index in [0.717, 1.165) is 0 Å². The molecule has 2 heterocycles. The SMILES string of the molecule is N#Cc1cnccc1NC(=O)CCn1c(=O)oc2ccccc21. The summed E-state index contributed by atoms with van der Waals surface area (Å²) in [4.78, 5) is 27.7.